The van der Waals surface area contributed by atoms with Gasteiger partial charge in [-0.05, 0) is 22.3 Å². The van der Waals surface area contributed by atoms with Crippen LogP contribution in [0.15, 0.2) is 76.4 Å². The van der Waals surface area contributed by atoms with Crippen molar-refractivity contribution in [2.75, 3.05) is 6.61 Å². The minimum Gasteiger partial charge on any atom is -0.450 e. The van der Waals surface area contributed by atoms with Crippen LogP contribution in [-0.4, -0.2) is 41.9 Å². The van der Waals surface area contributed by atoms with E-state index >= 15 is 0 Å². The highest BCUT2D eigenvalue weighted by atomic mass is 32.1. The van der Waals surface area contributed by atoms with Gasteiger partial charge >= 0.3 is 10.9 Å². The largest absolute Gasteiger partial charge is 0.450 e. The highest BCUT2D eigenvalue weighted by Gasteiger charge is 2.51. The zero-order valence-electron chi connectivity index (χ0n) is 26.2. The molecular formula is C33H31F5N2O6SSi. The zero-order chi connectivity index (χ0) is 35.0. The molecule has 15 heteroatoms. The lowest BCUT2D eigenvalue weighted by Crippen LogP contribution is -2.67. The van der Waals surface area contributed by atoms with Gasteiger partial charge in [-0.1, -0.05) is 81.4 Å². The molecule has 0 spiro atoms. The first kappa shape index (κ1) is 35.1. The summed E-state index contributed by atoms with van der Waals surface area (Å²) in [5, 5.41) is 0.496. The van der Waals surface area contributed by atoms with Gasteiger partial charge in [-0.15, -0.1) is 0 Å². The number of benzene rings is 3. The SMILES string of the molecule is Cc1cn([C@H]2C[C@H](OC(=S)Oc3c(F)c(F)c(F)c(F)c3F)[C@@H](CO[Si](c3ccccc3)(c3ccccc3)C(C)(C)C)O2)c(=O)[nH]c1=O. The number of ether oxygens (including phenoxy) is 3. The standard InChI is InChI=1S/C33H31F5N2O6SSi/c1-18-16-40(31(42)39-30(18)41)23-15-21(45-32(47)46-29-27(37)25(35)24(34)26(36)28(29)38)22(44-23)17-43-48(33(2,3)4,19-11-7-5-8-12-19)20-13-9-6-10-14-20/h5-14,16,21-23H,15,17H2,1-4H3,(H,39,41,42)/t21-,22+,23+/m0/s1. The molecule has 1 saturated heterocycles. The van der Waals surface area contributed by atoms with E-state index in [9.17, 15) is 31.5 Å². The number of halogens is 5. The molecule has 5 rings (SSSR count). The Morgan fingerprint density at radius 2 is 1.44 bits per heavy atom. The molecule has 48 heavy (non-hydrogen) atoms. The van der Waals surface area contributed by atoms with Gasteiger partial charge in [0.25, 0.3) is 13.9 Å². The molecule has 3 atom stereocenters. The third kappa shape index (κ3) is 6.59. The molecule has 1 aliphatic heterocycles. The number of nitrogens with zero attached hydrogens (tertiary/aromatic N) is 1. The topological polar surface area (TPSA) is 91.8 Å². The lowest BCUT2D eigenvalue weighted by Gasteiger charge is -2.43. The predicted molar refractivity (Wildman–Crippen MR) is 172 cm³/mol. The molecule has 4 aromatic rings. The summed E-state index contributed by atoms with van der Waals surface area (Å²) < 4.78 is 94.9. The molecule has 0 bridgehead atoms. The van der Waals surface area contributed by atoms with Gasteiger partial charge in [0.1, 0.15) is 18.4 Å². The highest BCUT2D eigenvalue weighted by Crippen LogP contribution is 2.39. The third-order valence-electron chi connectivity index (χ3n) is 8.12. The third-order valence-corrected chi connectivity index (χ3v) is 13.3. The van der Waals surface area contributed by atoms with E-state index < -0.39 is 83.1 Å². The average molecular weight is 707 g/mol. The fraction of sp³-hybridized carbons (Fsp3) is 0.303. The van der Waals surface area contributed by atoms with Gasteiger partial charge in [0.05, 0.1) is 6.61 Å². The summed E-state index contributed by atoms with van der Waals surface area (Å²) in [6.07, 6.45) is -1.96. The van der Waals surface area contributed by atoms with Crippen LogP contribution in [0.2, 0.25) is 5.04 Å². The van der Waals surface area contributed by atoms with E-state index in [1.54, 1.807) is 0 Å². The summed E-state index contributed by atoms with van der Waals surface area (Å²) in [7, 11) is -3.14. The maximum Gasteiger partial charge on any atom is 0.358 e. The quantitative estimate of drug-likeness (QED) is 0.0892. The van der Waals surface area contributed by atoms with Gasteiger partial charge in [-0.2, -0.15) is 8.78 Å². The Morgan fingerprint density at radius 1 is 0.917 bits per heavy atom. The summed E-state index contributed by atoms with van der Waals surface area (Å²) in [5.41, 5.74) is -1.15. The smallest absolute Gasteiger partial charge is 0.358 e. The van der Waals surface area contributed by atoms with Crippen LogP contribution < -0.4 is 26.4 Å². The first-order valence-corrected chi connectivity index (χ1v) is 17.1. The lowest BCUT2D eigenvalue weighted by molar-refractivity contribution is -0.0424. The minimum atomic E-state index is -3.14. The Hall–Kier alpha value is -4.18. The molecule has 0 unspecified atom stereocenters. The lowest BCUT2D eigenvalue weighted by atomic mass is 10.2. The second-order valence-electron chi connectivity index (χ2n) is 12.2. The fourth-order valence-electron chi connectivity index (χ4n) is 5.82. The van der Waals surface area contributed by atoms with Gasteiger partial charge in [-0.25, -0.2) is 18.0 Å². The Bertz CT molecular complexity index is 1870. The summed E-state index contributed by atoms with van der Waals surface area (Å²) in [4.78, 5) is 27.0. The van der Waals surface area contributed by atoms with Crippen molar-refractivity contribution in [1.82, 2.24) is 9.55 Å². The van der Waals surface area contributed by atoms with Crippen molar-refractivity contribution < 1.29 is 40.6 Å². The van der Waals surface area contributed by atoms with Crippen molar-refractivity contribution in [3.8, 4) is 5.75 Å². The molecule has 254 valence electrons. The molecule has 0 amide bonds. The van der Waals surface area contributed by atoms with Crippen LogP contribution in [-0.2, 0) is 13.9 Å². The highest BCUT2D eigenvalue weighted by molar-refractivity contribution is 7.79. The van der Waals surface area contributed by atoms with Crippen molar-refractivity contribution in [2.24, 2.45) is 0 Å². The van der Waals surface area contributed by atoms with Gasteiger partial charge in [0.15, 0.2) is 0 Å². The number of hydrogen-bond acceptors (Lipinski definition) is 7. The van der Waals surface area contributed by atoms with Gasteiger partial charge in [0.2, 0.25) is 34.8 Å². The number of aryl methyl sites for hydroxylation is 1. The second kappa shape index (κ2) is 13.7. The summed E-state index contributed by atoms with van der Waals surface area (Å²) in [5.74, 6) is -12.9. The van der Waals surface area contributed by atoms with Crippen LogP contribution in [0.1, 0.15) is 39.0 Å². The van der Waals surface area contributed by atoms with Crippen molar-refractivity contribution >= 4 is 36.1 Å². The monoisotopic (exact) mass is 706 g/mol. The van der Waals surface area contributed by atoms with E-state index in [0.29, 0.717) is 0 Å². The summed E-state index contributed by atoms with van der Waals surface area (Å²) >= 11 is 5.03. The molecule has 3 aromatic carbocycles. The molecule has 2 heterocycles. The Kier molecular flexibility index (Phi) is 10.1. The van der Waals surface area contributed by atoms with E-state index in [1.165, 1.54) is 13.1 Å². The average Bonchev–Trinajstić information content (AvgIpc) is 3.45. The Balaban J connectivity index is 1.51. The van der Waals surface area contributed by atoms with Crippen LogP contribution in [0, 0.1) is 36.0 Å². The minimum absolute atomic E-state index is 0.110. The molecule has 1 aliphatic rings. The molecule has 0 saturated carbocycles. The number of H-pyrrole nitrogens is 1. The normalized spacial score (nSPS) is 18.1. The molecule has 1 aromatic heterocycles. The van der Waals surface area contributed by atoms with Crippen LogP contribution >= 0.6 is 12.2 Å². The van der Waals surface area contributed by atoms with E-state index in [4.69, 9.17) is 30.9 Å². The van der Waals surface area contributed by atoms with Crippen molar-refractivity contribution in [1.29, 1.82) is 0 Å². The second-order valence-corrected chi connectivity index (χ2v) is 16.9. The van der Waals surface area contributed by atoms with Gasteiger partial charge in [-0.3, -0.25) is 14.3 Å². The zero-order valence-corrected chi connectivity index (χ0v) is 28.0. The van der Waals surface area contributed by atoms with E-state index in [-0.39, 0.29) is 18.6 Å². The van der Waals surface area contributed by atoms with E-state index in [2.05, 4.69) is 25.8 Å². The van der Waals surface area contributed by atoms with E-state index in [0.717, 1.165) is 14.9 Å². The van der Waals surface area contributed by atoms with Crippen LogP contribution in [0.4, 0.5) is 22.0 Å². The molecule has 0 aliphatic carbocycles. The number of nitrogens with one attached hydrogen (secondary N) is 1. The fourth-order valence-corrected chi connectivity index (χ4v) is 10.6. The molecule has 1 fully saturated rings. The molecule has 0 radical (unpaired) electrons. The van der Waals surface area contributed by atoms with E-state index in [1.807, 2.05) is 60.7 Å². The number of hydrogen-bond donors (Lipinski definition) is 1. The maximum absolute atomic E-state index is 14.4. The van der Waals surface area contributed by atoms with Crippen LogP contribution in [0.25, 0.3) is 0 Å². The van der Waals surface area contributed by atoms with Crippen LogP contribution in [0.3, 0.4) is 0 Å². The van der Waals surface area contributed by atoms with Crippen molar-refractivity contribution in [2.45, 2.75) is 57.6 Å². The van der Waals surface area contributed by atoms with Crippen molar-refractivity contribution in [3.05, 3.63) is 122 Å². The number of aromatic nitrogens is 2. The van der Waals surface area contributed by atoms with Crippen molar-refractivity contribution in [3.63, 3.8) is 0 Å². The predicted octanol–water partition coefficient (Wildman–Crippen LogP) is 5.15. The van der Waals surface area contributed by atoms with Gasteiger partial charge in [0, 0.05) is 30.4 Å². The Labute approximate surface area is 278 Å². The summed E-state index contributed by atoms with van der Waals surface area (Å²) in [6.45, 7) is 7.52. The van der Waals surface area contributed by atoms with Gasteiger partial charge < -0.3 is 18.6 Å². The molecular weight excluding hydrogens is 676 g/mol. The van der Waals surface area contributed by atoms with Crippen LogP contribution in [0.5, 0.6) is 5.75 Å². The first-order valence-electron chi connectivity index (χ1n) is 14.8. The number of thiocarbonyl (C=S) groups is 1. The maximum atomic E-state index is 14.4. The number of aromatic amines is 1. The number of rotatable bonds is 8. The first-order chi connectivity index (χ1) is 22.7. The molecule has 8 nitrogen and oxygen atoms in total. The summed E-state index contributed by atoms with van der Waals surface area (Å²) in [6, 6.07) is 19.3. The Morgan fingerprint density at radius 3 is 1.96 bits per heavy atom. The molecule has 1 N–H and O–H groups in total.